The number of nitrogens with one attached hydrogen (secondary N) is 2. The van der Waals surface area contributed by atoms with Crippen molar-refractivity contribution >= 4 is 50.6 Å². The summed E-state index contributed by atoms with van der Waals surface area (Å²) in [6, 6.07) is 5.87. The third-order valence-corrected chi connectivity index (χ3v) is 7.30. The fourth-order valence-electron chi connectivity index (χ4n) is 3.57. The first-order valence-corrected chi connectivity index (χ1v) is 11.9. The largest absolute Gasteiger partial charge is 0.312 e. The summed E-state index contributed by atoms with van der Waals surface area (Å²) in [5.74, 6) is -0.843. The molecule has 2 aliphatic rings. The Kier molecular flexibility index (Phi) is 5.76. The number of sulfonamides is 1. The van der Waals surface area contributed by atoms with Crippen molar-refractivity contribution in [2.24, 2.45) is 0 Å². The van der Waals surface area contributed by atoms with E-state index in [4.69, 9.17) is 11.6 Å². The average molecular weight is 456 g/mol. The third-order valence-electron chi connectivity index (χ3n) is 5.00. The van der Waals surface area contributed by atoms with Crippen LogP contribution >= 0.6 is 22.9 Å². The number of rotatable bonds is 5. The van der Waals surface area contributed by atoms with Crippen LogP contribution in [0.3, 0.4) is 0 Å². The van der Waals surface area contributed by atoms with Crippen molar-refractivity contribution < 1.29 is 17.6 Å². The topological polar surface area (TPSA) is 78.5 Å². The van der Waals surface area contributed by atoms with Gasteiger partial charge in [-0.25, -0.2) is 12.8 Å². The van der Waals surface area contributed by atoms with Crippen LogP contribution in [0.2, 0.25) is 4.34 Å². The summed E-state index contributed by atoms with van der Waals surface area (Å²) >= 11 is 7.08. The summed E-state index contributed by atoms with van der Waals surface area (Å²) in [4.78, 5) is 14.8. The molecule has 1 fully saturated rings. The molecule has 0 saturated carbocycles. The lowest BCUT2D eigenvalue weighted by Crippen LogP contribution is -2.41. The molecule has 2 N–H and O–H groups in total. The van der Waals surface area contributed by atoms with E-state index in [2.05, 4.69) is 10.0 Å². The molecule has 1 amide bonds. The van der Waals surface area contributed by atoms with E-state index < -0.39 is 27.8 Å². The van der Waals surface area contributed by atoms with E-state index in [1.165, 1.54) is 22.3 Å². The molecule has 1 aromatic heterocycles. The Bertz CT molecular complexity index is 1080. The van der Waals surface area contributed by atoms with E-state index in [9.17, 15) is 17.6 Å². The summed E-state index contributed by atoms with van der Waals surface area (Å²) in [7, 11) is -3.83. The number of carbonyl (C=O) groups excluding carboxylic acids is 1. The first kappa shape index (κ1) is 20.5. The summed E-state index contributed by atoms with van der Waals surface area (Å²) < 4.78 is 42.6. The molecule has 1 aromatic carbocycles. The highest BCUT2D eigenvalue weighted by Gasteiger charge is 2.36. The number of hydrogen-bond donors (Lipinski definition) is 2. The molecule has 154 valence electrons. The number of anilines is 1. The van der Waals surface area contributed by atoms with Gasteiger partial charge < -0.3 is 10.2 Å². The molecule has 29 heavy (non-hydrogen) atoms. The van der Waals surface area contributed by atoms with Gasteiger partial charge in [0.2, 0.25) is 15.9 Å². The van der Waals surface area contributed by atoms with Gasteiger partial charge in [-0.1, -0.05) is 17.7 Å². The summed E-state index contributed by atoms with van der Waals surface area (Å²) in [6.45, 7) is 1.54. The predicted octanol–water partition coefficient (Wildman–Crippen LogP) is 2.88. The molecule has 4 rings (SSSR count). The Morgan fingerprint density at radius 1 is 1.31 bits per heavy atom. The molecule has 3 heterocycles. The van der Waals surface area contributed by atoms with Crippen molar-refractivity contribution in [2.45, 2.75) is 25.4 Å². The Hall–Kier alpha value is -1.78. The second kappa shape index (κ2) is 8.16. The van der Waals surface area contributed by atoms with Gasteiger partial charge in [0.05, 0.1) is 10.0 Å². The molecule has 0 spiro atoms. The zero-order chi connectivity index (χ0) is 20.6. The van der Waals surface area contributed by atoms with Crippen LogP contribution in [0, 0.1) is 5.82 Å². The van der Waals surface area contributed by atoms with Crippen LogP contribution in [0.25, 0.3) is 6.08 Å². The van der Waals surface area contributed by atoms with Crippen molar-refractivity contribution in [1.82, 2.24) is 10.0 Å². The van der Waals surface area contributed by atoms with E-state index in [1.807, 2.05) is 6.07 Å². The van der Waals surface area contributed by atoms with Crippen LogP contribution in [0.1, 0.15) is 22.4 Å². The van der Waals surface area contributed by atoms with Crippen molar-refractivity contribution in [3.05, 3.63) is 55.8 Å². The van der Waals surface area contributed by atoms with Crippen LogP contribution in [-0.4, -0.2) is 33.5 Å². The lowest BCUT2D eigenvalue weighted by atomic mass is 9.99. The SMILES string of the molecule is O=C1[C@@H](NS(=O)(=O)/C=C/c2ccc(Cl)s2)CCN1c1ccc2c(c1F)CCNC2. The van der Waals surface area contributed by atoms with Crippen LogP contribution in [0.4, 0.5) is 10.1 Å². The van der Waals surface area contributed by atoms with Gasteiger partial charge >= 0.3 is 0 Å². The van der Waals surface area contributed by atoms with Crippen LogP contribution in [0.15, 0.2) is 29.7 Å². The zero-order valence-corrected chi connectivity index (χ0v) is 17.7. The molecule has 2 aromatic rings. The number of amides is 1. The molecule has 2 aliphatic heterocycles. The lowest BCUT2D eigenvalue weighted by Gasteiger charge is -2.23. The Labute approximate surface area is 177 Å². The molecule has 0 unspecified atom stereocenters. The maximum Gasteiger partial charge on any atom is 0.245 e. The van der Waals surface area contributed by atoms with Crippen molar-refractivity contribution in [1.29, 1.82) is 0 Å². The first-order valence-electron chi connectivity index (χ1n) is 9.12. The number of fused-ring (bicyclic) bond motifs is 1. The molecule has 0 radical (unpaired) electrons. The van der Waals surface area contributed by atoms with Gasteiger partial charge in [-0.2, -0.15) is 4.72 Å². The van der Waals surface area contributed by atoms with Gasteiger partial charge in [0, 0.05) is 23.4 Å². The van der Waals surface area contributed by atoms with Crippen molar-refractivity contribution in [3.8, 4) is 0 Å². The molecular weight excluding hydrogens is 437 g/mol. The van der Waals surface area contributed by atoms with Crippen molar-refractivity contribution in [3.63, 3.8) is 0 Å². The van der Waals surface area contributed by atoms with E-state index in [0.717, 1.165) is 11.0 Å². The Morgan fingerprint density at radius 3 is 2.90 bits per heavy atom. The van der Waals surface area contributed by atoms with E-state index in [1.54, 1.807) is 18.2 Å². The normalized spacial score (nSPS) is 19.9. The second-order valence-electron chi connectivity index (χ2n) is 6.90. The van der Waals surface area contributed by atoms with Crippen LogP contribution < -0.4 is 14.9 Å². The molecule has 10 heteroatoms. The summed E-state index contributed by atoms with van der Waals surface area (Å²) in [6.07, 6.45) is 2.26. The van der Waals surface area contributed by atoms with Gasteiger partial charge in [-0.3, -0.25) is 4.79 Å². The lowest BCUT2D eigenvalue weighted by molar-refractivity contribution is -0.118. The average Bonchev–Trinajstić information content (AvgIpc) is 3.27. The van der Waals surface area contributed by atoms with Crippen LogP contribution in [0.5, 0.6) is 0 Å². The molecular formula is C19H19ClFN3O3S2. The predicted molar refractivity (Wildman–Crippen MR) is 113 cm³/mol. The minimum Gasteiger partial charge on any atom is -0.312 e. The number of benzene rings is 1. The standard InChI is InChI=1S/C19H19ClFN3O3S2/c20-17-4-2-13(28-17)7-10-29(26,27)23-15-6-9-24(19(15)25)16-3-1-12-11-22-8-5-14(12)18(16)21/h1-4,7,10,15,22-23H,5-6,8-9,11H2/b10-7+/t15-/m0/s1. The number of nitrogens with zero attached hydrogens (tertiary/aromatic N) is 1. The molecule has 6 nitrogen and oxygen atoms in total. The molecule has 0 bridgehead atoms. The minimum atomic E-state index is -3.83. The fraction of sp³-hybridized carbons (Fsp3) is 0.316. The highest BCUT2D eigenvalue weighted by atomic mass is 35.5. The summed E-state index contributed by atoms with van der Waals surface area (Å²) in [5, 5.41) is 4.20. The monoisotopic (exact) mass is 455 g/mol. The first-order chi connectivity index (χ1) is 13.8. The van der Waals surface area contributed by atoms with Gasteiger partial charge in [0.1, 0.15) is 11.9 Å². The van der Waals surface area contributed by atoms with Crippen molar-refractivity contribution in [2.75, 3.05) is 18.0 Å². The van der Waals surface area contributed by atoms with E-state index in [-0.39, 0.29) is 18.7 Å². The smallest absolute Gasteiger partial charge is 0.245 e. The quantitative estimate of drug-likeness (QED) is 0.726. The number of carbonyl (C=O) groups is 1. The van der Waals surface area contributed by atoms with Gasteiger partial charge in [0.15, 0.2) is 0 Å². The Morgan fingerprint density at radius 2 is 2.14 bits per heavy atom. The number of thiophene rings is 1. The molecule has 0 aliphatic carbocycles. The van der Waals surface area contributed by atoms with E-state index >= 15 is 0 Å². The maximum absolute atomic E-state index is 15.0. The Balaban J connectivity index is 1.48. The van der Waals surface area contributed by atoms with Gasteiger partial charge in [-0.15, -0.1) is 11.3 Å². The van der Waals surface area contributed by atoms with Gasteiger partial charge in [0.25, 0.3) is 0 Å². The number of hydrogen-bond acceptors (Lipinski definition) is 5. The van der Waals surface area contributed by atoms with E-state index in [0.29, 0.717) is 34.3 Å². The third kappa shape index (κ3) is 4.39. The minimum absolute atomic E-state index is 0.209. The molecule has 1 atom stereocenters. The zero-order valence-electron chi connectivity index (χ0n) is 15.3. The maximum atomic E-state index is 15.0. The number of halogens is 2. The van der Waals surface area contributed by atoms with Gasteiger partial charge in [-0.05, 0) is 54.8 Å². The highest BCUT2D eigenvalue weighted by Crippen LogP contribution is 2.30. The highest BCUT2D eigenvalue weighted by molar-refractivity contribution is 7.92. The second-order valence-corrected chi connectivity index (χ2v) is 10.2. The molecule has 1 saturated heterocycles. The fourth-order valence-corrected chi connectivity index (χ4v) is 5.64. The summed E-state index contributed by atoms with van der Waals surface area (Å²) in [5.41, 5.74) is 1.72. The van der Waals surface area contributed by atoms with Crippen LogP contribution in [-0.2, 0) is 27.8 Å².